The molecule has 0 aliphatic carbocycles. The van der Waals surface area contributed by atoms with Gasteiger partial charge in [-0.2, -0.15) is 0 Å². The molecule has 1 unspecified atom stereocenters. The molecule has 1 heterocycles. The lowest BCUT2D eigenvalue weighted by Gasteiger charge is -2.15. The first-order chi connectivity index (χ1) is 7.43. The maximum atomic E-state index is 8.97. The van der Waals surface area contributed by atoms with E-state index in [1.165, 1.54) is 0 Å². The minimum atomic E-state index is -0.255. The van der Waals surface area contributed by atoms with Gasteiger partial charge in [-0.15, -0.1) is 0 Å². The molecule has 1 N–H and O–H groups in total. The molecule has 5 nitrogen and oxygen atoms in total. The second-order valence-electron chi connectivity index (χ2n) is 3.33. The van der Waals surface area contributed by atoms with Crippen LogP contribution in [-0.4, -0.2) is 64.1 Å². The van der Waals surface area contributed by atoms with Crippen LogP contribution in [0.25, 0.3) is 0 Å². The Bertz CT molecular complexity index is 128. The smallest absolute Gasteiger partial charge is 0.104 e. The van der Waals surface area contributed by atoms with Crippen LogP contribution in [0.2, 0.25) is 0 Å². The van der Waals surface area contributed by atoms with Gasteiger partial charge in [-0.05, 0) is 6.42 Å². The average Bonchev–Trinajstić information content (AvgIpc) is 2.29. The molecule has 1 saturated heterocycles. The zero-order valence-electron chi connectivity index (χ0n) is 9.02. The summed E-state index contributed by atoms with van der Waals surface area (Å²) in [5.74, 6) is 0. The molecule has 90 valence electrons. The first kappa shape index (κ1) is 12.9. The number of hydrogen-bond acceptors (Lipinski definition) is 5. The third-order valence-electron chi connectivity index (χ3n) is 2.04. The van der Waals surface area contributed by atoms with E-state index in [0.717, 1.165) is 6.42 Å². The van der Waals surface area contributed by atoms with E-state index in [0.29, 0.717) is 46.2 Å². The van der Waals surface area contributed by atoms with Crippen molar-refractivity contribution in [3.05, 3.63) is 0 Å². The Balaban J connectivity index is 2.17. The molecule has 1 aliphatic rings. The van der Waals surface area contributed by atoms with Gasteiger partial charge in [0, 0.05) is 13.2 Å². The van der Waals surface area contributed by atoms with E-state index in [1.807, 2.05) is 0 Å². The summed E-state index contributed by atoms with van der Waals surface area (Å²) in [5.41, 5.74) is 0. The fourth-order valence-corrected chi connectivity index (χ4v) is 1.23. The van der Waals surface area contributed by atoms with Gasteiger partial charge < -0.3 is 24.1 Å². The van der Waals surface area contributed by atoms with Gasteiger partial charge >= 0.3 is 0 Å². The lowest BCUT2D eigenvalue weighted by atomic mass is 10.4. The Kier molecular flexibility index (Phi) is 7.77. The van der Waals surface area contributed by atoms with Crippen LogP contribution in [0, 0.1) is 0 Å². The van der Waals surface area contributed by atoms with Gasteiger partial charge in [0.05, 0.1) is 39.6 Å². The summed E-state index contributed by atoms with van der Waals surface area (Å²) < 4.78 is 21.3. The topological polar surface area (TPSA) is 57.2 Å². The molecule has 0 spiro atoms. The molecule has 0 aromatic rings. The number of aliphatic hydroxyl groups excluding tert-OH is 1. The van der Waals surface area contributed by atoms with Gasteiger partial charge in [0.2, 0.25) is 0 Å². The fourth-order valence-electron chi connectivity index (χ4n) is 1.23. The molecular formula is C10H20O5. The van der Waals surface area contributed by atoms with Gasteiger partial charge in [0.1, 0.15) is 6.10 Å². The lowest BCUT2D eigenvalue weighted by Crippen LogP contribution is -2.26. The largest absolute Gasteiger partial charge is 0.394 e. The standard InChI is InChI=1S/C10H20O5/c11-8-10-9-14-5-4-12-2-1-3-13-6-7-15-10/h10-11H,1-9H2. The van der Waals surface area contributed by atoms with Crippen molar-refractivity contribution in [1.29, 1.82) is 0 Å². The molecule has 1 fully saturated rings. The van der Waals surface area contributed by atoms with Gasteiger partial charge in [-0.25, -0.2) is 0 Å². The molecular weight excluding hydrogens is 200 g/mol. The number of ether oxygens (including phenoxy) is 4. The summed E-state index contributed by atoms with van der Waals surface area (Å²) >= 11 is 0. The fraction of sp³-hybridized carbons (Fsp3) is 1.00. The van der Waals surface area contributed by atoms with Crippen LogP contribution in [0.5, 0.6) is 0 Å². The van der Waals surface area contributed by atoms with Crippen molar-refractivity contribution in [2.45, 2.75) is 12.5 Å². The highest BCUT2D eigenvalue weighted by Crippen LogP contribution is 1.95. The Hall–Kier alpha value is -0.200. The van der Waals surface area contributed by atoms with Gasteiger partial charge in [0.15, 0.2) is 0 Å². The molecule has 0 aromatic heterocycles. The zero-order valence-corrected chi connectivity index (χ0v) is 9.02. The lowest BCUT2D eigenvalue weighted by molar-refractivity contribution is -0.0606. The van der Waals surface area contributed by atoms with Crippen LogP contribution in [0.15, 0.2) is 0 Å². The predicted molar refractivity (Wildman–Crippen MR) is 53.9 cm³/mol. The van der Waals surface area contributed by atoms with Gasteiger partial charge in [0.25, 0.3) is 0 Å². The summed E-state index contributed by atoms with van der Waals surface area (Å²) in [6, 6.07) is 0. The number of aliphatic hydroxyl groups is 1. The summed E-state index contributed by atoms with van der Waals surface area (Å²) in [4.78, 5) is 0. The highest BCUT2D eigenvalue weighted by Gasteiger charge is 2.08. The van der Waals surface area contributed by atoms with E-state index in [4.69, 9.17) is 24.1 Å². The Morgan fingerprint density at radius 3 is 2.27 bits per heavy atom. The van der Waals surface area contributed by atoms with E-state index in [1.54, 1.807) is 0 Å². The molecule has 0 bridgehead atoms. The van der Waals surface area contributed by atoms with Crippen LogP contribution in [-0.2, 0) is 18.9 Å². The predicted octanol–water partition coefficient (Wildman–Crippen LogP) is -0.183. The highest BCUT2D eigenvalue weighted by molar-refractivity contribution is 4.54. The van der Waals surface area contributed by atoms with Crippen LogP contribution in [0.1, 0.15) is 6.42 Å². The minimum Gasteiger partial charge on any atom is -0.394 e. The Labute approximate surface area is 90.3 Å². The molecule has 15 heavy (non-hydrogen) atoms. The normalized spacial score (nSPS) is 27.4. The van der Waals surface area contributed by atoms with Crippen molar-refractivity contribution in [1.82, 2.24) is 0 Å². The average molecular weight is 220 g/mol. The van der Waals surface area contributed by atoms with E-state index >= 15 is 0 Å². The summed E-state index contributed by atoms with van der Waals surface area (Å²) in [5, 5.41) is 8.97. The maximum Gasteiger partial charge on any atom is 0.104 e. The second kappa shape index (κ2) is 9.06. The number of rotatable bonds is 1. The SMILES string of the molecule is OCC1COCCOCCCOCCO1. The van der Waals surface area contributed by atoms with Crippen molar-refractivity contribution < 1.29 is 24.1 Å². The molecule has 0 radical (unpaired) electrons. The van der Waals surface area contributed by atoms with Gasteiger partial charge in [-0.3, -0.25) is 0 Å². The monoisotopic (exact) mass is 220 g/mol. The highest BCUT2D eigenvalue weighted by atomic mass is 16.6. The maximum absolute atomic E-state index is 8.97. The Morgan fingerprint density at radius 1 is 0.867 bits per heavy atom. The van der Waals surface area contributed by atoms with Crippen molar-refractivity contribution in [3.63, 3.8) is 0 Å². The Morgan fingerprint density at radius 2 is 1.53 bits per heavy atom. The van der Waals surface area contributed by atoms with Crippen LogP contribution >= 0.6 is 0 Å². The third kappa shape index (κ3) is 6.81. The van der Waals surface area contributed by atoms with Gasteiger partial charge in [-0.1, -0.05) is 0 Å². The van der Waals surface area contributed by atoms with Crippen molar-refractivity contribution in [2.24, 2.45) is 0 Å². The first-order valence-corrected chi connectivity index (χ1v) is 5.39. The molecule has 1 atom stereocenters. The van der Waals surface area contributed by atoms with Crippen molar-refractivity contribution >= 4 is 0 Å². The molecule has 5 heteroatoms. The van der Waals surface area contributed by atoms with E-state index in [9.17, 15) is 0 Å². The minimum absolute atomic E-state index is 0.0269. The molecule has 0 aromatic carbocycles. The van der Waals surface area contributed by atoms with E-state index in [-0.39, 0.29) is 12.7 Å². The molecule has 0 amide bonds. The first-order valence-electron chi connectivity index (χ1n) is 5.39. The van der Waals surface area contributed by atoms with Crippen LogP contribution in [0.3, 0.4) is 0 Å². The molecule has 1 aliphatic heterocycles. The van der Waals surface area contributed by atoms with Crippen molar-refractivity contribution in [3.8, 4) is 0 Å². The second-order valence-corrected chi connectivity index (χ2v) is 3.33. The third-order valence-corrected chi connectivity index (χ3v) is 2.04. The summed E-state index contributed by atoms with van der Waals surface area (Å²) in [6.07, 6.45) is 0.637. The quantitative estimate of drug-likeness (QED) is 0.664. The van der Waals surface area contributed by atoms with Crippen molar-refractivity contribution in [2.75, 3.05) is 52.9 Å². The van der Waals surface area contributed by atoms with Crippen LogP contribution in [0.4, 0.5) is 0 Å². The summed E-state index contributed by atoms with van der Waals surface area (Å²) in [7, 11) is 0. The zero-order chi connectivity index (χ0) is 10.8. The van der Waals surface area contributed by atoms with E-state index in [2.05, 4.69) is 0 Å². The summed E-state index contributed by atoms with van der Waals surface area (Å²) in [6.45, 7) is 3.94. The van der Waals surface area contributed by atoms with Crippen LogP contribution < -0.4 is 0 Å². The molecule has 1 rings (SSSR count). The number of hydrogen-bond donors (Lipinski definition) is 1. The molecule has 0 saturated carbocycles. The van der Waals surface area contributed by atoms with E-state index < -0.39 is 0 Å².